The Bertz CT molecular complexity index is 14.5. The Morgan fingerprint density at radius 2 is 1.40 bits per heavy atom. The summed E-state index contributed by atoms with van der Waals surface area (Å²) in [6, 6.07) is 0. The van der Waals surface area contributed by atoms with Crippen molar-refractivity contribution in [3.63, 3.8) is 0 Å². The molecule has 0 saturated carbocycles. The molecule has 0 aliphatic rings. The molecule has 5 heavy (non-hydrogen) atoms. The average molecular weight is 463 g/mol. The Morgan fingerprint density at radius 1 is 1.40 bits per heavy atom. The minimum atomic E-state index is 0. The molecule has 0 aliphatic carbocycles. The van der Waals surface area contributed by atoms with E-state index in [4.69, 9.17) is 0 Å². The minimum Gasteiger partial charge on any atom is -1.00 e. The standard InChI is InChI=1S/Ca.I3.K.3H/c;1-3-2;;;;/q+2;-1;+1;3*-1. The van der Waals surface area contributed by atoms with Crippen molar-refractivity contribution >= 4 is 75.0 Å². The minimum absolute atomic E-state index is 0. The van der Waals surface area contributed by atoms with Crippen molar-refractivity contribution in [3.05, 3.63) is 0 Å². The van der Waals surface area contributed by atoms with Gasteiger partial charge in [0.15, 0.2) is 0 Å². The molecule has 0 amide bonds. The molecular formula is H3CaI3K-. The van der Waals surface area contributed by atoms with Crippen LogP contribution in [0.3, 0.4) is 0 Å². The molecule has 28 valence electrons. The van der Waals surface area contributed by atoms with E-state index in [1.807, 2.05) is 0 Å². The van der Waals surface area contributed by atoms with Crippen molar-refractivity contribution in [2.75, 3.05) is 0 Å². The second-order valence-electron chi connectivity index (χ2n) is 0.0540. The summed E-state index contributed by atoms with van der Waals surface area (Å²) >= 11 is 5.30. The van der Waals surface area contributed by atoms with Crippen LogP contribution in [0.25, 0.3) is 0 Å². The van der Waals surface area contributed by atoms with Gasteiger partial charge in [-0.15, -0.1) is 0 Å². The van der Waals surface area contributed by atoms with Gasteiger partial charge in [0.2, 0.25) is 0 Å². The Kier molecular flexibility index (Phi) is 53.2. The maximum atomic E-state index is 2.39. The molecule has 0 heterocycles. The van der Waals surface area contributed by atoms with Crippen LogP contribution in [0.5, 0.6) is 0 Å². The number of hydrogen-bond acceptors (Lipinski definition) is 0. The maximum Gasteiger partial charge on any atom is 2.00 e. The monoisotopic (exact) mass is 463 g/mol. The van der Waals surface area contributed by atoms with Gasteiger partial charge in [0.1, 0.15) is 0 Å². The van der Waals surface area contributed by atoms with E-state index in [0.29, 0.717) is 13.3 Å². The van der Waals surface area contributed by atoms with Crippen molar-refractivity contribution in [1.29, 1.82) is 0 Å². The molecule has 0 nitrogen and oxygen atoms in total. The smallest absolute Gasteiger partial charge is 1.00 e. The maximum absolute atomic E-state index is 2.39. The topological polar surface area (TPSA) is 0 Å². The van der Waals surface area contributed by atoms with Gasteiger partial charge in [-0.05, 0) is 0 Å². The van der Waals surface area contributed by atoms with Crippen LogP contribution >= 0.6 is 37.2 Å². The van der Waals surface area contributed by atoms with Crippen LogP contribution in [0.15, 0.2) is 0 Å². The van der Waals surface area contributed by atoms with Crippen LogP contribution in [0, 0.1) is 0 Å². The fourth-order valence-corrected chi connectivity index (χ4v) is 0. The second kappa shape index (κ2) is 16.0. The van der Waals surface area contributed by atoms with E-state index >= 15 is 0 Å². The molecule has 0 aromatic rings. The second-order valence-corrected chi connectivity index (χ2v) is 16.3. The summed E-state index contributed by atoms with van der Waals surface area (Å²) in [6.45, 7) is 0. The van der Waals surface area contributed by atoms with Crippen molar-refractivity contribution in [3.8, 4) is 0 Å². The van der Waals surface area contributed by atoms with Crippen molar-refractivity contribution < 1.29 is 68.9 Å². The Hall–Kier alpha value is 5.09. The molecule has 0 rings (SSSR count). The predicted molar refractivity (Wildman–Crippen MR) is 37.1 cm³/mol. The van der Waals surface area contributed by atoms with E-state index in [9.17, 15) is 0 Å². The molecule has 0 fully saturated rings. The molecule has 0 radical (unpaired) electrons. The summed E-state index contributed by atoms with van der Waals surface area (Å²) < 4.78 is 0. The van der Waals surface area contributed by atoms with Crippen molar-refractivity contribution in [2.24, 2.45) is 0 Å². The molecule has 0 aliphatic heterocycles. The van der Waals surface area contributed by atoms with Gasteiger partial charge in [0.05, 0.1) is 0 Å². The first-order valence-corrected chi connectivity index (χ1v) is 12.9. The largest absolute Gasteiger partial charge is 2.00 e. The fraction of sp³-hybridized carbons (Fsp3) is 0. The van der Waals surface area contributed by atoms with Gasteiger partial charge in [-0.25, -0.2) is 0 Å². The van der Waals surface area contributed by atoms with Crippen molar-refractivity contribution in [2.45, 2.75) is 0 Å². The molecule has 0 N–H and O–H groups in total. The van der Waals surface area contributed by atoms with Gasteiger partial charge in [0, 0.05) is 0 Å². The first-order valence-electron chi connectivity index (χ1n) is 0.286. The number of hydrogen-bond donors (Lipinski definition) is 0. The molecular weight excluding hydrogens is 460 g/mol. The van der Waals surface area contributed by atoms with Crippen molar-refractivity contribution in [1.82, 2.24) is 0 Å². The van der Waals surface area contributed by atoms with Gasteiger partial charge in [-0.1, -0.05) is 0 Å². The van der Waals surface area contributed by atoms with Gasteiger partial charge >= 0.3 is 140 Å². The predicted octanol–water partition coefficient (Wildman–Crippen LogP) is -4.26. The van der Waals surface area contributed by atoms with E-state index in [1.54, 1.807) is 0 Å². The number of halogens is 3. The zero-order valence-corrected chi connectivity index (χ0v) is 14.6. The summed E-state index contributed by atoms with van der Waals surface area (Å²) in [6.07, 6.45) is 0. The zero-order chi connectivity index (χ0) is 2.71. The third-order valence-electron chi connectivity index (χ3n) is 0. The molecule has 0 saturated heterocycles. The van der Waals surface area contributed by atoms with Gasteiger partial charge < -0.3 is 4.28 Å². The van der Waals surface area contributed by atoms with Crippen LogP contribution < -0.4 is 64.6 Å². The molecule has 0 unspecified atom stereocenters. The van der Waals surface area contributed by atoms with Crippen LogP contribution in [0.2, 0.25) is 0 Å². The van der Waals surface area contributed by atoms with E-state index in [1.165, 1.54) is 0 Å². The van der Waals surface area contributed by atoms with Gasteiger partial charge in [0.25, 0.3) is 0 Å². The molecule has 0 aromatic heterocycles. The Labute approximate surface area is 139 Å². The van der Waals surface area contributed by atoms with E-state index in [0.717, 1.165) is 0 Å². The third kappa shape index (κ3) is 17.6. The molecule has 0 spiro atoms. The first kappa shape index (κ1) is 16.6. The van der Waals surface area contributed by atoms with Gasteiger partial charge in [-0.3, -0.25) is 0 Å². The average Bonchev–Trinajstić information content (AvgIpc) is 0.918. The Morgan fingerprint density at radius 3 is 1.40 bits per heavy atom. The summed E-state index contributed by atoms with van der Waals surface area (Å²) in [5.41, 5.74) is 0. The summed E-state index contributed by atoms with van der Waals surface area (Å²) in [5.74, 6) is 0. The van der Waals surface area contributed by atoms with Crippen LogP contribution in [0.4, 0.5) is 0 Å². The fourth-order valence-electron chi connectivity index (χ4n) is 0. The molecule has 0 bridgehead atoms. The van der Waals surface area contributed by atoms with E-state index in [2.05, 4.69) is 37.2 Å². The SMILES string of the molecule is I[I-]I.[Ca+2].[H-].[H-].[H-].[K+]. The Balaban J connectivity index is -0.00000000200. The third-order valence-corrected chi connectivity index (χ3v) is 0. The number of rotatable bonds is 0. The quantitative estimate of drug-likeness (QED) is 0.253. The van der Waals surface area contributed by atoms with Crippen LogP contribution in [0.1, 0.15) is 4.28 Å². The summed E-state index contributed by atoms with van der Waals surface area (Å²) in [4.78, 5) is 0. The molecule has 5 heteroatoms. The summed E-state index contributed by atoms with van der Waals surface area (Å²) in [5, 5.41) is 0. The first-order chi connectivity index (χ1) is 1.41. The molecule has 0 atom stereocenters. The van der Waals surface area contributed by atoms with E-state index < -0.39 is 0 Å². The zero-order valence-electron chi connectivity index (χ0n) is 5.84. The van der Waals surface area contributed by atoms with Crippen LogP contribution in [-0.4, -0.2) is 37.7 Å². The van der Waals surface area contributed by atoms with Gasteiger partial charge in [-0.2, -0.15) is 0 Å². The van der Waals surface area contributed by atoms with E-state index in [-0.39, 0.29) is 93.4 Å². The van der Waals surface area contributed by atoms with Crippen LogP contribution in [-0.2, 0) is 0 Å². The normalized spacial score (nSPS) is 4.40. The molecule has 0 aromatic carbocycles. The summed E-state index contributed by atoms with van der Waals surface area (Å²) in [7, 11) is 0.